The number of benzene rings is 1. The lowest BCUT2D eigenvalue weighted by Crippen LogP contribution is -2.55. The van der Waals surface area contributed by atoms with Crippen molar-refractivity contribution in [2.24, 2.45) is 11.8 Å². The largest absolute Gasteiger partial charge is 0.497 e. The van der Waals surface area contributed by atoms with Crippen molar-refractivity contribution in [2.75, 3.05) is 26.8 Å². The van der Waals surface area contributed by atoms with Gasteiger partial charge in [-0.05, 0) is 68.0 Å². The van der Waals surface area contributed by atoms with Gasteiger partial charge in [0.05, 0.1) is 18.7 Å². The number of aromatic nitrogens is 1. The molecule has 3 fully saturated rings. The number of nitrogens with zero attached hydrogens (tertiary/aromatic N) is 2. The number of carbonyl (C=O) groups excluding carboxylic acids is 1. The maximum Gasteiger partial charge on any atom is 0.155 e. The van der Waals surface area contributed by atoms with Gasteiger partial charge in [0.15, 0.2) is 5.78 Å². The van der Waals surface area contributed by atoms with Crippen LogP contribution in [0.15, 0.2) is 43.1 Å². The van der Waals surface area contributed by atoms with Crippen LogP contribution in [-0.4, -0.2) is 48.5 Å². The summed E-state index contributed by atoms with van der Waals surface area (Å²) >= 11 is 0. The van der Waals surface area contributed by atoms with E-state index in [9.17, 15) is 4.79 Å². The zero-order valence-electron chi connectivity index (χ0n) is 16.6. The minimum atomic E-state index is -0.171. The van der Waals surface area contributed by atoms with Gasteiger partial charge in [-0.15, -0.1) is 6.58 Å². The lowest BCUT2D eigenvalue weighted by Gasteiger charge is -2.51. The molecule has 0 saturated carbocycles. The molecule has 0 spiro atoms. The van der Waals surface area contributed by atoms with Crippen LogP contribution in [0.1, 0.15) is 31.4 Å². The first-order valence-corrected chi connectivity index (χ1v) is 10.0. The number of hydrogen-bond donors (Lipinski definition) is 0. The Morgan fingerprint density at radius 1 is 1.43 bits per heavy atom. The van der Waals surface area contributed by atoms with E-state index in [1.54, 1.807) is 14.0 Å². The van der Waals surface area contributed by atoms with Gasteiger partial charge in [0, 0.05) is 24.2 Å². The molecule has 2 bridgehead atoms. The summed E-state index contributed by atoms with van der Waals surface area (Å²) < 4.78 is 11.7. The second-order valence-electron chi connectivity index (χ2n) is 7.96. The molecule has 3 aliphatic heterocycles. The molecule has 3 aliphatic rings. The molecule has 5 heteroatoms. The van der Waals surface area contributed by atoms with E-state index in [4.69, 9.17) is 9.47 Å². The summed E-state index contributed by atoms with van der Waals surface area (Å²) in [7, 11) is 1.67. The van der Waals surface area contributed by atoms with Crippen LogP contribution in [0.5, 0.6) is 5.75 Å². The summed E-state index contributed by atoms with van der Waals surface area (Å²) in [6.07, 6.45) is 6.03. The predicted molar refractivity (Wildman–Crippen MR) is 109 cm³/mol. The van der Waals surface area contributed by atoms with Gasteiger partial charge in [-0.3, -0.25) is 14.7 Å². The molecule has 148 valence electrons. The van der Waals surface area contributed by atoms with E-state index >= 15 is 0 Å². The Morgan fingerprint density at radius 3 is 2.96 bits per heavy atom. The Hall–Kier alpha value is -2.24. The van der Waals surface area contributed by atoms with Crippen LogP contribution >= 0.6 is 0 Å². The van der Waals surface area contributed by atoms with Gasteiger partial charge in [-0.2, -0.15) is 0 Å². The van der Waals surface area contributed by atoms with Gasteiger partial charge in [0.25, 0.3) is 0 Å². The highest BCUT2D eigenvalue weighted by molar-refractivity contribution is 5.84. The van der Waals surface area contributed by atoms with Crippen molar-refractivity contribution in [1.82, 2.24) is 9.88 Å². The van der Waals surface area contributed by atoms with Crippen LogP contribution in [0.25, 0.3) is 10.9 Å². The number of carbonyl (C=O) groups is 1. The fourth-order valence-electron chi connectivity index (χ4n) is 4.83. The van der Waals surface area contributed by atoms with E-state index in [2.05, 4.69) is 22.5 Å². The smallest absolute Gasteiger partial charge is 0.155 e. The highest BCUT2D eigenvalue weighted by Crippen LogP contribution is 2.43. The quantitative estimate of drug-likeness (QED) is 0.684. The highest BCUT2D eigenvalue weighted by Gasteiger charge is 2.43. The number of ether oxygens (including phenoxy) is 2. The first-order valence-electron chi connectivity index (χ1n) is 10.0. The summed E-state index contributed by atoms with van der Waals surface area (Å²) in [4.78, 5) is 18.7. The fraction of sp³-hybridized carbons (Fsp3) is 0.478. The molecule has 0 aliphatic carbocycles. The molecule has 28 heavy (non-hydrogen) atoms. The Labute approximate surface area is 166 Å². The zero-order valence-corrected chi connectivity index (χ0v) is 16.6. The van der Waals surface area contributed by atoms with Gasteiger partial charge in [0.2, 0.25) is 0 Å². The molecule has 4 heterocycles. The van der Waals surface area contributed by atoms with E-state index in [-0.39, 0.29) is 24.5 Å². The van der Waals surface area contributed by atoms with Gasteiger partial charge >= 0.3 is 0 Å². The van der Waals surface area contributed by atoms with Crippen molar-refractivity contribution in [1.29, 1.82) is 0 Å². The van der Waals surface area contributed by atoms with Crippen LogP contribution in [0.2, 0.25) is 0 Å². The van der Waals surface area contributed by atoms with Crippen LogP contribution in [0.3, 0.4) is 0 Å². The first kappa shape index (κ1) is 19.1. The number of rotatable bonds is 7. The number of ketones is 1. The maximum absolute atomic E-state index is 11.7. The van der Waals surface area contributed by atoms with E-state index < -0.39 is 0 Å². The molecule has 0 N–H and O–H groups in total. The molecule has 1 aromatic carbocycles. The van der Waals surface area contributed by atoms with Crippen LogP contribution in [-0.2, 0) is 9.53 Å². The summed E-state index contributed by atoms with van der Waals surface area (Å²) in [5, 5.41) is 1.03. The van der Waals surface area contributed by atoms with Crippen LogP contribution in [0.4, 0.5) is 0 Å². The lowest BCUT2D eigenvalue weighted by atomic mass is 9.73. The van der Waals surface area contributed by atoms with Crippen LogP contribution in [0, 0.1) is 11.8 Å². The van der Waals surface area contributed by atoms with Gasteiger partial charge in [-0.1, -0.05) is 6.08 Å². The monoisotopic (exact) mass is 380 g/mol. The molecular weight excluding hydrogens is 352 g/mol. The number of methoxy groups -OCH3 is 1. The SMILES string of the molecule is C=C[C@H]1CN2CCC1C[C@H]2[C@H](OCC(C)=O)c1ccnc2ccc(OC)cc12. The second kappa shape index (κ2) is 8.02. The summed E-state index contributed by atoms with van der Waals surface area (Å²) in [5.41, 5.74) is 1.99. The molecule has 0 radical (unpaired) electrons. The Balaban J connectivity index is 1.74. The van der Waals surface area contributed by atoms with E-state index in [0.717, 1.165) is 41.7 Å². The third-order valence-corrected chi connectivity index (χ3v) is 6.26. The molecule has 3 saturated heterocycles. The van der Waals surface area contributed by atoms with Crippen molar-refractivity contribution in [3.63, 3.8) is 0 Å². The number of hydrogen-bond acceptors (Lipinski definition) is 5. The minimum absolute atomic E-state index is 0.0425. The summed E-state index contributed by atoms with van der Waals surface area (Å²) in [6, 6.07) is 8.20. The molecule has 5 nitrogen and oxygen atoms in total. The standard InChI is InChI=1S/C23H28N2O3/c1-4-16-13-25-10-8-17(16)11-22(25)23(28-14-15(2)26)19-7-9-24-21-6-5-18(27-3)12-20(19)21/h4-7,9,12,16-17,22-23H,1,8,10-11,13-14H2,2-3H3/t16-,17?,22-,23+/m0/s1. The van der Waals surface area contributed by atoms with Crippen molar-refractivity contribution >= 4 is 16.7 Å². The summed E-state index contributed by atoms with van der Waals surface area (Å²) in [5.74, 6) is 2.02. The van der Waals surface area contributed by atoms with Crippen LogP contribution < -0.4 is 4.74 Å². The fourth-order valence-corrected chi connectivity index (χ4v) is 4.83. The molecule has 0 amide bonds. The molecular formula is C23H28N2O3. The van der Waals surface area contributed by atoms with E-state index in [1.165, 1.54) is 6.42 Å². The Morgan fingerprint density at radius 2 is 2.29 bits per heavy atom. The number of piperidine rings is 3. The highest BCUT2D eigenvalue weighted by atomic mass is 16.5. The average molecular weight is 380 g/mol. The first-order chi connectivity index (χ1) is 13.6. The summed E-state index contributed by atoms with van der Waals surface area (Å²) in [6.45, 7) is 7.82. The minimum Gasteiger partial charge on any atom is -0.497 e. The van der Waals surface area contributed by atoms with Crippen molar-refractivity contribution < 1.29 is 14.3 Å². The lowest BCUT2D eigenvalue weighted by molar-refractivity contribution is -0.128. The Bertz CT molecular complexity index is 881. The predicted octanol–water partition coefficient (Wildman–Crippen LogP) is 3.79. The van der Waals surface area contributed by atoms with Crippen molar-refractivity contribution in [3.05, 3.63) is 48.7 Å². The van der Waals surface area contributed by atoms with Crippen molar-refractivity contribution in [2.45, 2.75) is 31.9 Å². The van der Waals surface area contributed by atoms with Gasteiger partial charge < -0.3 is 9.47 Å². The average Bonchev–Trinajstić information content (AvgIpc) is 2.73. The number of pyridine rings is 1. The molecule has 2 aromatic rings. The van der Waals surface area contributed by atoms with Gasteiger partial charge in [0.1, 0.15) is 12.4 Å². The number of fused-ring (bicyclic) bond motifs is 4. The normalized spacial score (nSPS) is 27.5. The Kier molecular flexibility index (Phi) is 5.47. The van der Waals surface area contributed by atoms with E-state index in [1.807, 2.05) is 30.5 Å². The molecule has 2 unspecified atom stereocenters. The van der Waals surface area contributed by atoms with Gasteiger partial charge in [-0.25, -0.2) is 0 Å². The molecule has 5 rings (SSSR count). The third kappa shape index (κ3) is 3.56. The molecule has 1 aromatic heterocycles. The maximum atomic E-state index is 11.7. The zero-order chi connectivity index (χ0) is 19.7. The van der Waals surface area contributed by atoms with Crippen molar-refractivity contribution in [3.8, 4) is 5.75 Å². The molecule has 5 atom stereocenters. The topological polar surface area (TPSA) is 51.7 Å². The van der Waals surface area contributed by atoms with E-state index in [0.29, 0.717) is 11.8 Å². The third-order valence-electron chi connectivity index (χ3n) is 6.26. The number of Topliss-reactive ketones (excluding diaryl/α,β-unsaturated/α-hetero) is 1. The second-order valence-corrected chi connectivity index (χ2v) is 7.96.